The fourth-order valence-corrected chi connectivity index (χ4v) is 4.27. The second kappa shape index (κ2) is 8.66. The summed E-state index contributed by atoms with van der Waals surface area (Å²) < 4.78 is 26.1. The summed E-state index contributed by atoms with van der Waals surface area (Å²) in [6.45, 7) is 0.599. The molecule has 0 unspecified atom stereocenters. The van der Waals surface area contributed by atoms with Crippen LogP contribution in [0, 0.1) is 11.6 Å². The SMILES string of the molecule is O=C(Nc1ccc(F)cc1)c1nnc([C@@H]2CCCN2C(=O)Cc2ccc(F)cc2)s1. The normalized spacial score (nSPS) is 15.9. The van der Waals surface area contributed by atoms with E-state index in [1.807, 2.05) is 0 Å². The molecule has 1 N–H and O–H groups in total. The highest BCUT2D eigenvalue weighted by Gasteiger charge is 2.33. The van der Waals surface area contributed by atoms with Gasteiger partial charge in [0.2, 0.25) is 10.9 Å². The predicted octanol–water partition coefficient (Wildman–Crippen LogP) is 3.97. The average Bonchev–Trinajstić information content (AvgIpc) is 3.40. The monoisotopic (exact) mass is 428 g/mol. The summed E-state index contributed by atoms with van der Waals surface area (Å²) in [5, 5.41) is 11.5. The largest absolute Gasteiger partial charge is 0.333 e. The minimum absolute atomic E-state index is 0.0726. The Morgan fingerprint density at radius 1 is 1.03 bits per heavy atom. The van der Waals surface area contributed by atoms with Crippen LogP contribution in [0.4, 0.5) is 14.5 Å². The van der Waals surface area contributed by atoms with E-state index in [-0.39, 0.29) is 29.2 Å². The van der Waals surface area contributed by atoms with E-state index in [1.165, 1.54) is 36.4 Å². The molecular formula is C21H18F2N4O2S. The molecule has 1 fully saturated rings. The van der Waals surface area contributed by atoms with Gasteiger partial charge in [-0.2, -0.15) is 0 Å². The van der Waals surface area contributed by atoms with Crippen LogP contribution < -0.4 is 5.32 Å². The number of amides is 2. The van der Waals surface area contributed by atoms with Gasteiger partial charge >= 0.3 is 0 Å². The van der Waals surface area contributed by atoms with Gasteiger partial charge in [-0.3, -0.25) is 9.59 Å². The number of anilines is 1. The molecule has 3 aromatic rings. The first-order chi connectivity index (χ1) is 14.5. The molecule has 2 heterocycles. The van der Waals surface area contributed by atoms with Crippen LogP contribution in [0.5, 0.6) is 0 Å². The third-order valence-corrected chi connectivity index (χ3v) is 5.89. The first-order valence-corrected chi connectivity index (χ1v) is 10.3. The van der Waals surface area contributed by atoms with Crippen LogP contribution in [0.15, 0.2) is 48.5 Å². The molecule has 0 bridgehead atoms. The van der Waals surface area contributed by atoms with Crippen molar-refractivity contribution in [1.29, 1.82) is 0 Å². The van der Waals surface area contributed by atoms with E-state index in [2.05, 4.69) is 15.5 Å². The Morgan fingerprint density at radius 2 is 1.70 bits per heavy atom. The van der Waals surface area contributed by atoms with Gasteiger partial charge in [-0.05, 0) is 54.8 Å². The number of hydrogen-bond donors (Lipinski definition) is 1. The molecule has 0 saturated carbocycles. The molecule has 1 atom stereocenters. The van der Waals surface area contributed by atoms with Gasteiger partial charge in [0.25, 0.3) is 5.91 Å². The minimum atomic E-state index is -0.437. The molecule has 0 radical (unpaired) electrons. The number of nitrogens with zero attached hydrogens (tertiary/aromatic N) is 3. The molecule has 2 aromatic carbocycles. The summed E-state index contributed by atoms with van der Waals surface area (Å²) in [4.78, 5) is 26.9. The molecule has 0 aliphatic carbocycles. The van der Waals surface area contributed by atoms with Crippen molar-refractivity contribution in [3.63, 3.8) is 0 Å². The number of rotatable bonds is 5. The summed E-state index contributed by atoms with van der Waals surface area (Å²) in [6, 6.07) is 11.1. The van der Waals surface area contributed by atoms with Crippen LogP contribution in [0.1, 0.15) is 39.3 Å². The maximum atomic E-state index is 13.1. The maximum Gasteiger partial charge on any atom is 0.286 e. The number of hydrogen-bond acceptors (Lipinski definition) is 5. The van der Waals surface area contributed by atoms with Crippen molar-refractivity contribution >= 4 is 28.8 Å². The van der Waals surface area contributed by atoms with E-state index in [4.69, 9.17) is 0 Å². The lowest BCUT2D eigenvalue weighted by atomic mass is 10.1. The lowest BCUT2D eigenvalue weighted by Gasteiger charge is -2.22. The van der Waals surface area contributed by atoms with E-state index in [1.54, 1.807) is 17.0 Å². The molecule has 4 rings (SSSR count). The second-order valence-electron chi connectivity index (χ2n) is 6.95. The van der Waals surface area contributed by atoms with Gasteiger partial charge in [-0.15, -0.1) is 10.2 Å². The second-order valence-corrected chi connectivity index (χ2v) is 7.96. The minimum Gasteiger partial charge on any atom is -0.333 e. The molecule has 1 aliphatic rings. The first kappa shape index (κ1) is 20.1. The highest BCUT2D eigenvalue weighted by atomic mass is 32.1. The van der Waals surface area contributed by atoms with Crippen molar-refractivity contribution in [2.75, 3.05) is 11.9 Å². The van der Waals surface area contributed by atoms with E-state index < -0.39 is 11.7 Å². The molecule has 30 heavy (non-hydrogen) atoms. The lowest BCUT2D eigenvalue weighted by Crippen LogP contribution is -2.31. The predicted molar refractivity (Wildman–Crippen MR) is 108 cm³/mol. The first-order valence-electron chi connectivity index (χ1n) is 9.44. The number of aromatic nitrogens is 2. The Hall–Kier alpha value is -3.20. The number of benzene rings is 2. The molecule has 1 saturated heterocycles. The summed E-state index contributed by atoms with van der Waals surface area (Å²) in [7, 11) is 0. The third-order valence-electron chi connectivity index (χ3n) is 4.86. The molecule has 1 aliphatic heterocycles. The van der Waals surface area contributed by atoms with Gasteiger partial charge in [0.05, 0.1) is 12.5 Å². The van der Waals surface area contributed by atoms with E-state index in [0.29, 0.717) is 17.2 Å². The lowest BCUT2D eigenvalue weighted by molar-refractivity contribution is -0.131. The van der Waals surface area contributed by atoms with Crippen molar-refractivity contribution in [2.45, 2.75) is 25.3 Å². The highest BCUT2D eigenvalue weighted by Crippen LogP contribution is 2.34. The van der Waals surface area contributed by atoms with Crippen molar-refractivity contribution in [1.82, 2.24) is 15.1 Å². The van der Waals surface area contributed by atoms with E-state index >= 15 is 0 Å². The quantitative estimate of drug-likeness (QED) is 0.667. The van der Waals surface area contributed by atoms with Gasteiger partial charge in [-0.25, -0.2) is 8.78 Å². The Morgan fingerprint density at radius 3 is 2.40 bits per heavy atom. The zero-order valence-corrected chi connectivity index (χ0v) is 16.7. The van der Waals surface area contributed by atoms with Crippen LogP contribution in [0.3, 0.4) is 0 Å². The van der Waals surface area contributed by atoms with E-state index in [0.717, 1.165) is 29.7 Å². The van der Waals surface area contributed by atoms with Crippen LogP contribution in [0.25, 0.3) is 0 Å². The fourth-order valence-electron chi connectivity index (χ4n) is 3.38. The van der Waals surface area contributed by atoms with Crippen LogP contribution in [-0.2, 0) is 11.2 Å². The molecule has 1 aromatic heterocycles. The summed E-state index contributed by atoms with van der Waals surface area (Å²) >= 11 is 1.14. The Balaban J connectivity index is 1.43. The highest BCUT2D eigenvalue weighted by molar-refractivity contribution is 7.13. The average molecular weight is 428 g/mol. The summed E-state index contributed by atoms with van der Waals surface area (Å²) in [5.41, 5.74) is 1.19. The molecule has 2 amide bonds. The molecule has 9 heteroatoms. The zero-order chi connectivity index (χ0) is 21.1. The zero-order valence-electron chi connectivity index (χ0n) is 15.8. The smallest absolute Gasteiger partial charge is 0.286 e. The van der Waals surface area contributed by atoms with Crippen LogP contribution in [0.2, 0.25) is 0 Å². The Bertz CT molecular complexity index is 1050. The Labute approximate surface area is 175 Å². The van der Waals surface area contributed by atoms with Crippen molar-refractivity contribution in [3.8, 4) is 0 Å². The number of halogens is 2. The third kappa shape index (κ3) is 4.51. The summed E-state index contributed by atoms with van der Waals surface area (Å²) in [6.07, 6.45) is 1.74. The number of carbonyl (C=O) groups is 2. The molecule has 0 spiro atoms. The van der Waals surface area contributed by atoms with Gasteiger partial charge in [0.15, 0.2) is 0 Å². The Kier molecular flexibility index (Phi) is 5.80. The van der Waals surface area contributed by atoms with E-state index in [9.17, 15) is 18.4 Å². The van der Waals surface area contributed by atoms with Crippen molar-refractivity contribution < 1.29 is 18.4 Å². The van der Waals surface area contributed by atoms with Crippen LogP contribution in [-0.4, -0.2) is 33.5 Å². The fraction of sp³-hybridized carbons (Fsp3) is 0.238. The topological polar surface area (TPSA) is 75.2 Å². The van der Waals surface area contributed by atoms with Gasteiger partial charge in [0, 0.05) is 12.2 Å². The molecule has 154 valence electrons. The number of carbonyl (C=O) groups excluding carboxylic acids is 2. The molecular weight excluding hydrogens is 410 g/mol. The standard InChI is InChI=1S/C21H18F2N4O2S/c22-14-5-3-13(4-6-14)12-18(28)27-11-1-2-17(27)20-25-26-21(30-20)19(29)24-16-9-7-15(23)8-10-16/h3-10,17H,1-2,11-12H2,(H,24,29)/t17-/m0/s1. The number of likely N-dealkylation sites (tertiary alicyclic amines) is 1. The maximum absolute atomic E-state index is 13.1. The van der Waals surface area contributed by atoms with Gasteiger partial charge in [-0.1, -0.05) is 23.5 Å². The van der Waals surface area contributed by atoms with Crippen molar-refractivity contribution in [2.24, 2.45) is 0 Å². The van der Waals surface area contributed by atoms with Gasteiger partial charge in [0.1, 0.15) is 16.6 Å². The van der Waals surface area contributed by atoms with Crippen molar-refractivity contribution in [3.05, 3.63) is 75.7 Å². The number of nitrogens with one attached hydrogen (secondary N) is 1. The molecule has 6 nitrogen and oxygen atoms in total. The van der Waals surface area contributed by atoms with Gasteiger partial charge < -0.3 is 10.2 Å². The summed E-state index contributed by atoms with van der Waals surface area (Å²) in [5.74, 6) is -1.24. The van der Waals surface area contributed by atoms with Crippen LogP contribution >= 0.6 is 11.3 Å².